The summed E-state index contributed by atoms with van der Waals surface area (Å²) in [5.74, 6) is 0.845. The zero-order valence-electron chi connectivity index (χ0n) is 16.3. The Kier molecular flexibility index (Phi) is 5.40. The van der Waals surface area contributed by atoms with Gasteiger partial charge in [-0.3, -0.25) is 4.79 Å². The van der Waals surface area contributed by atoms with Crippen molar-refractivity contribution >= 4 is 17.1 Å². The second-order valence-corrected chi connectivity index (χ2v) is 7.25. The average Bonchev–Trinajstić information content (AvgIpc) is 2.64. The lowest BCUT2D eigenvalue weighted by molar-refractivity contribution is 0.104. The molecule has 0 bridgehead atoms. The third kappa shape index (κ3) is 4.34. The SMILES string of the molecule is CCOC(=O)Oc1ccc2c(=O)c(Oc3ccc(C(C)(C)C)cc3)coc2c1. The van der Waals surface area contributed by atoms with Crippen LogP contribution in [0.2, 0.25) is 0 Å². The van der Waals surface area contributed by atoms with E-state index in [0.717, 1.165) is 0 Å². The van der Waals surface area contributed by atoms with Crippen LogP contribution in [0, 0.1) is 0 Å². The van der Waals surface area contributed by atoms with Gasteiger partial charge in [0.15, 0.2) is 0 Å². The molecule has 0 N–H and O–H groups in total. The van der Waals surface area contributed by atoms with Crippen molar-refractivity contribution in [1.29, 1.82) is 0 Å². The Hall–Kier alpha value is -3.28. The van der Waals surface area contributed by atoms with E-state index in [1.807, 2.05) is 24.3 Å². The van der Waals surface area contributed by atoms with Gasteiger partial charge in [-0.05, 0) is 42.2 Å². The molecule has 3 rings (SSSR count). The Bertz CT molecular complexity index is 1040. The van der Waals surface area contributed by atoms with Gasteiger partial charge in [0.25, 0.3) is 0 Å². The fraction of sp³-hybridized carbons (Fsp3) is 0.273. The predicted octanol–water partition coefficient (Wildman–Crippen LogP) is 5.42. The highest BCUT2D eigenvalue weighted by Gasteiger charge is 2.15. The summed E-state index contributed by atoms with van der Waals surface area (Å²) in [4.78, 5) is 24.1. The van der Waals surface area contributed by atoms with Crippen LogP contribution >= 0.6 is 0 Å². The molecule has 0 amide bonds. The van der Waals surface area contributed by atoms with E-state index in [1.165, 1.54) is 30.0 Å². The molecule has 0 aliphatic carbocycles. The van der Waals surface area contributed by atoms with Crippen LogP contribution in [0.1, 0.15) is 33.3 Å². The van der Waals surface area contributed by atoms with Gasteiger partial charge in [-0.2, -0.15) is 0 Å². The Balaban J connectivity index is 1.84. The first-order chi connectivity index (χ1) is 13.3. The number of ether oxygens (including phenoxy) is 3. The zero-order valence-corrected chi connectivity index (χ0v) is 16.3. The van der Waals surface area contributed by atoms with E-state index in [9.17, 15) is 9.59 Å². The van der Waals surface area contributed by atoms with Crippen LogP contribution in [0.25, 0.3) is 11.0 Å². The number of carbonyl (C=O) groups excluding carboxylic acids is 1. The second kappa shape index (κ2) is 7.76. The number of hydrogen-bond acceptors (Lipinski definition) is 6. The highest BCUT2D eigenvalue weighted by atomic mass is 16.7. The highest BCUT2D eigenvalue weighted by molar-refractivity contribution is 5.80. The molecule has 0 saturated carbocycles. The molecule has 0 radical (unpaired) electrons. The summed E-state index contributed by atoms with van der Waals surface area (Å²) in [6, 6.07) is 12.0. The minimum atomic E-state index is -0.817. The molecule has 28 heavy (non-hydrogen) atoms. The number of rotatable bonds is 4. The Morgan fingerprint density at radius 1 is 1.04 bits per heavy atom. The lowest BCUT2D eigenvalue weighted by atomic mass is 9.87. The number of benzene rings is 2. The molecule has 0 fully saturated rings. The van der Waals surface area contributed by atoms with Gasteiger partial charge < -0.3 is 18.6 Å². The Morgan fingerprint density at radius 3 is 2.36 bits per heavy atom. The molecule has 0 aliphatic rings. The van der Waals surface area contributed by atoms with Crippen LogP contribution in [-0.4, -0.2) is 12.8 Å². The molecule has 0 atom stereocenters. The molecule has 146 valence electrons. The average molecular weight is 382 g/mol. The lowest BCUT2D eigenvalue weighted by Crippen LogP contribution is -2.11. The molecular formula is C22H22O6. The summed E-state index contributed by atoms with van der Waals surface area (Å²) in [6.45, 7) is 8.26. The maximum atomic E-state index is 12.7. The van der Waals surface area contributed by atoms with Crippen molar-refractivity contribution in [3.05, 3.63) is 64.5 Å². The molecule has 0 saturated heterocycles. The third-order valence-electron chi connectivity index (χ3n) is 4.13. The normalized spacial score (nSPS) is 11.3. The van der Waals surface area contributed by atoms with Gasteiger partial charge in [0.1, 0.15) is 23.3 Å². The van der Waals surface area contributed by atoms with E-state index in [0.29, 0.717) is 11.1 Å². The first-order valence-electron chi connectivity index (χ1n) is 8.96. The zero-order chi connectivity index (χ0) is 20.3. The van der Waals surface area contributed by atoms with E-state index in [4.69, 9.17) is 18.6 Å². The third-order valence-corrected chi connectivity index (χ3v) is 4.13. The standard InChI is InChI=1S/C22H22O6/c1-5-25-21(24)28-16-10-11-17-18(12-16)26-13-19(20(17)23)27-15-8-6-14(7-9-15)22(2,3)4/h6-13H,5H2,1-4H3. The van der Waals surface area contributed by atoms with Gasteiger partial charge in [-0.1, -0.05) is 32.9 Å². The van der Waals surface area contributed by atoms with Gasteiger partial charge in [0, 0.05) is 6.07 Å². The van der Waals surface area contributed by atoms with Crippen LogP contribution in [-0.2, 0) is 10.2 Å². The summed E-state index contributed by atoms with van der Waals surface area (Å²) in [6.07, 6.45) is 0.430. The van der Waals surface area contributed by atoms with Crippen molar-refractivity contribution in [3.8, 4) is 17.2 Å². The van der Waals surface area contributed by atoms with Crippen molar-refractivity contribution < 1.29 is 23.4 Å². The van der Waals surface area contributed by atoms with Crippen LogP contribution in [0.5, 0.6) is 17.2 Å². The molecule has 3 aromatic rings. The van der Waals surface area contributed by atoms with Crippen molar-refractivity contribution in [1.82, 2.24) is 0 Å². The monoisotopic (exact) mass is 382 g/mol. The van der Waals surface area contributed by atoms with Crippen LogP contribution in [0.3, 0.4) is 0 Å². The van der Waals surface area contributed by atoms with E-state index >= 15 is 0 Å². The summed E-state index contributed by atoms with van der Waals surface area (Å²) in [5.41, 5.74) is 1.16. The van der Waals surface area contributed by atoms with Gasteiger partial charge in [0.2, 0.25) is 11.2 Å². The van der Waals surface area contributed by atoms with Crippen molar-refractivity contribution in [3.63, 3.8) is 0 Å². The summed E-state index contributed by atoms with van der Waals surface area (Å²) in [5, 5.41) is 0.319. The minimum absolute atomic E-state index is 0.0316. The van der Waals surface area contributed by atoms with Crippen molar-refractivity contribution in [2.24, 2.45) is 0 Å². The van der Waals surface area contributed by atoms with Crippen LogP contribution < -0.4 is 14.9 Å². The molecule has 0 spiro atoms. The summed E-state index contributed by atoms with van der Waals surface area (Å²) in [7, 11) is 0. The molecule has 1 aromatic heterocycles. The fourth-order valence-corrected chi connectivity index (χ4v) is 2.62. The van der Waals surface area contributed by atoms with E-state index in [2.05, 4.69) is 20.8 Å². The van der Waals surface area contributed by atoms with Gasteiger partial charge in [-0.25, -0.2) is 4.79 Å². The maximum Gasteiger partial charge on any atom is 0.513 e. The second-order valence-electron chi connectivity index (χ2n) is 7.25. The molecule has 6 nitrogen and oxygen atoms in total. The summed E-state index contributed by atoms with van der Waals surface area (Å²) < 4.78 is 20.9. The molecular weight excluding hydrogens is 360 g/mol. The molecule has 1 heterocycles. The van der Waals surface area contributed by atoms with E-state index < -0.39 is 6.16 Å². The quantitative estimate of drug-likeness (QED) is 0.443. The van der Waals surface area contributed by atoms with Crippen LogP contribution in [0.4, 0.5) is 4.79 Å². The van der Waals surface area contributed by atoms with Crippen LogP contribution in [0.15, 0.2) is 57.9 Å². The smallest absolute Gasteiger partial charge is 0.460 e. The van der Waals surface area contributed by atoms with Crippen molar-refractivity contribution in [2.45, 2.75) is 33.1 Å². The number of carbonyl (C=O) groups is 1. The largest absolute Gasteiger partial charge is 0.513 e. The highest BCUT2D eigenvalue weighted by Crippen LogP contribution is 2.27. The minimum Gasteiger partial charge on any atom is -0.460 e. The molecule has 0 aliphatic heterocycles. The first-order valence-corrected chi connectivity index (χ1v) is 8.96. The predicted molar refractivity (Wildman–Crippen MR) is 105 cm³/mol. The first kappa shape index (κ1) is 19.5. The lowest BCUT2D eigenvalue weighted by Gasteiger charge is -2.19. The maximum absolute atomic E-state index is 12.7. The fourth-order valence-electron chi connectivity index (χ4n) is 2.62. The van der Waals surface area contributed by atoms with Crippen molar-refractivity contribution in [2.75, 3.05) is 6.61 Å². The van der Waals surface area contributed by atoms with Gasteiger partial charge >= 0.3 is 6.16 Å². The van der Waals surface area contributed by atoms with E-state index in [-0.39, 0.29) is 34.5 Å². The number of hydrogen-bond donors (Lipinski definition) is 0. The van der Waals surface area contributed by atoms with Gasteiger partial charge in [0.05, 0.1) is 12.0 Å². The molecule has 0 unspecified atom stereocenters. The summed E-state index contributed by atoms with van der Waals surface area (Å²) >= 11 is 0. The molecule has 2 aromatic carbocycles. The Morgan fingerprint density at radius 2 is 1.71 bits per heavy atom. The van der Waals surface area contributed by atoms with E-state index in [1.54, 1.807) is 6.92 Å². The topological polar surface area (TPSA) is 75.0 Å². The van der Waals surface area contributed by atoms with Gasteiger partial charge in [-0.15, -0.1) is 0 Å². The molecule has 6 heteroatoms. The Labute approximate surface area is 162 Å². The number of fused-ring (bicyclic) bond motifs is 1.